The summed E-state index contributed by atoms with van der Waals surface area (Å²) in [6.45, 7) is 4.77. The molecule has 1 aromatic carbocycles. The first-order valence-corrected chi connectivity index (χ1v) is 6.44. The summed E-state index contributed by atoms with van der Waals surface area (Å²) in [6.07, 6.45) is 0.706. The molecule has 0 aromatic heterocycles. The van der Waals surface area contributed by atoms with E-state index >= 15 is 0 Å². The van der Waals surface area contributed by atoms with Crippen LogP contribution >= 0.6 is 15.9 Å². The van der Waals surface area contributed by atoms with Crippen molar-refractivity contribution in [1.82, 2.24) is 4.90 Å². The molecule has 0 saturated carbocycles. The van der Waals surface area contributed by atoms with E-state index in [1.165, 1.54) is 5.56 Å². The minimum Gasteiger partial charge on any atom is -0.299 e. The second-order valence-electron chi connectivity index (χ2n) is 4.48. The predicted molar refractivity (Wildman–Crippen MR) is 68.2 cm³/mol. The van der Waals surface area contributed by atoms with Crippen LogP contribution in [-0.4, -0.2) is 23.8 Å². The Balaban J connectivity index is 1.95. The highest BCUT2D eigenvalue weighted by Crippen LogP contribution is 2.17. The van der Waals surface area contributed by atoms with E-state index < -0.39 is 0 Å². The van der Waals surface area contributed by atoms with E-state index in [1.807, 2.05) is 6.92 Å². The molecule has 0 aliphatic carbocycles. The Labute approximate surface area is 105 Å². The van der Waals surface area contributed by atoms with Crippen molar-refractivity contribution in [3.8, 4) is 0 Å². The number of ketones is 1. The zero-order valence-electron chi connectivity index (χ0n) is 9.45. The fourth-order valence-corrected chi connectivity index (χ4v) is 2.35. The SMILES string of the molecule is CC1CN(Cc2ccc(Br)cc2)CCC1=O. The van der Waals surface area contributed by atoms with E-state index in [9.17, 15) is 4.79 Å². The number of halogens is 1. The highest BCUT2D eigenvalue weighted by molar-refractivity contribution is 9.10. The van der Waals surface area contributed by atoms with Gasteiger partial charge in [-0.05, 0) is 17.7 Å². The molecule has 1 unspecified atom stereocenters. The van der Waals surface area contributed by atoms with Crippen molar-refractivity contribution < 1.29 is 4.79 Å². The quantitative estimate of drug-likeness (QED) is 0.831. The van der Waals surface area contributed by atoms with Gasteiger partial charge in [0.1, 0.15) is 5.78 Å². The van der Waals surface area contributed by atoms with Gasteiger partial charge in [0.05, 0.1) is 0 Å². The maximum Gasteiger partial charge on any atom is 0.138 e. The second kappa shape index (κ2) is 5.11. The zero-order chi connectivity index (χ0) is 11.5. The minimum absolute atomic E-state index is 0.198. The van der Waals surface area contributed by atoms with Crippen molar-refractivity contribution in [2.24, 2.45) is 5.92 Å². The number of piperidine rings is 1. The van der Waals surface area contributed by atoms with Crippen LogP contribution in [0.15, 0.2) is 28.7 Å². The molecule has 1 atom stereocenters. The molecular weight excluding hydrogens is 266 g/mol. The summed E-state index contributed by atoms with van der Waals surface area (Å²) in [5.74, 6) is 0.608. The average Bonchev–Trinajstić information content (AvgIpc) is 2.27. The number of benzene rings is 1. The third-order valence-corrected chi connectivity index (χ3v) is 3.60. The van der Waals surface area contributed by atoms with Gasteiger partial charge in [0.25, 0.3) is 0 Å². The van der Waals surface area contributed by atoms with Crippen LogP contribution in [0.2, 0.25) is 0 Å². The standard InChI is InChI=1S/C13H16BrNO/c1-10-8-15(7-6-13(10)16)9-11-2-4-12(14)5-3-11/h2-5,10H,6-9H2,1H3. The first kappa shape index (κ1) is 11.8. The van der Waals surface area contributed by atoms with Crippen LogP contribution < -0.4 is 0 Å². The summed E-state index contributed by atoms with van der Waals surface area (Å²) in [4.78, 5) is 13.8. The van der Waals surface area contributed by atoms with Crippen molar-refractivity contribution in [2.45, 2.75) is 19.9 Å². The van der Waals surface area contributed by atoms with Crippen LogP contribution in [0.25, 0.3) is 0 Å². The number of carbonyl (C=O) groups excluding carboxylic acids is 1. The molecule has 0 N–H and O–H groups in total. The molecule has 1 aromatic rings. The van der Waals surface area contributed by atoms with Gasteiger partial charge < -0.3 is 0 Å². The zero-order valence-corrected chi connectivity index (χ0v) is 11.0. The summed E-state index contributed by atoms with van der Waals surface area (Å²) in [7, 11) is 0. The molecule has 1 aliphatic rings. The highest BCUT2D eigenvalue weighted by atomic mass is 79.9. The van der Waals surface area contributed by atoms with Crippen molar-refractivity contribution in [3.63, 3.8) is 0 Å². The maximum absolute atomic E-state index is 11.4. The van der Waals surface area contributed by atoms with Gasteiger partial charge in [-0.15, -0.1) is 0 Å². The molecule has 0 amide bonds. The Kier molecular flexibility index (Phi) is 3.77. The lowest BCUT2D eigenvalue weighted by atomic mass is 9.98. The van der Waals surface area contributed by atoms with Gasteiger partial charge >= 0.3 is 0 Å². The molecule has 1 fully saturated rings. The smallest absolute Gasteiger partial charge is 0.138 e. The number of nitrogens with zero attached hydrogens (tertiary/aromatic N) is 1. The number of carbonyl (C=O) groups is 1. The lowest BCUT2D eigenvalue weighted by Crippen LogP contribution is -2.38. The number of hydrogen-bond acceptors (Lipinski definition) is 2. The van der Waals surface area contributed by atoms with Crippen molar-refractivity contribution >= 4 is 21.7 Å². The molecule has 0 spiro atoms. The summed E-state index contributed by atoms with van der Waals surface area (Å²) in [5.41, 5.74) is 1.31. The van der Waals surface area contributed by atoms with E-state index in [4.69, 9.17) is 0 Å². The Bertz CT molecular complexity index is 374. The van der Waals surface area contributed by atoms with Gasteiger partial charge in [-0.1, -0.05) is 35.0 Å². The number of likely N-dealkylation sites (tertiary alicyclic amines) is 1. The fraction of sp³-hybridized carbons (Fsp3) is 0.462. The molecular formula is C13H16BrNO. The Morgan fingerprint density at radius 3 is 2.69 bits per heavy atom. The van der Waals surface area contributed by atoms with E-state index in [1.54, 1.807) is 0 Å². The predicted octanol–water partition coefficient (Wildman–Crippen LogP) is 2.86. The van der Waals surface area contributed by atoms with Gasteiger partial charge in [-0.25, -0.2) is 0 Å². The third-order valence-electron chi connectivity index (χ3n) is 3.08. The molecule has 3 heteroatoms. The lowest BCUT2D eigenvalue weighted by molar-refractivity contribution is -0.125. The number of hydrogen-bond donors (Lipinski definition) is 0. The Morgan fingerprint density at radius 2 is 2.06 bits per heavy atom. The first-order chi connectivity index (χ1) is 7.65. The topological polar surface area (TPSA) is 20.3 Å². The van der Waals surface area contributed by atoms with Crippen molar-refractivity contribution in [1.29, 1.82) is 0 Å². The van der Waals surface area contributed by atoms with Crippen molar-refractivity contribution in [3.05, 3.63) is 34.3 Å². The van der Waals surface area contributed by atoms with Gasteiger partial charge in [0.15, 0.2) is 0 Å². The molecule has 0 bridgehead atoms. The molecule has 1 aliphatic heterocycles. The van der Waals surface area contributed by atoms with Crippen LogP contribution in [0.1, 0.15) is 18.9 Å². The third kappa shape index (κ3) is 2.92. The lowest BCUT2D eigenvalue weighted by Gasteiger charge is -2.29. The normalized spacial score (nSPS) is 22.4. The summed E-state index contributed by atoms with van der Waals surface area (Å²) < 4.78 is 1.11. The molecule has 1 heterocycles. The van der Waals surface area contributed by atoms with Gasteiger partial charge in [-0.3, -0.25) is 9.69 Å². The Hall–Kier alpha value is -0.670. The van der Waals surface area contributed by atoms with Crippen LogP contribution in [0.5, 0.6) is 0 Å². The second-order valence-corrected chi connectivity index (χ2v) is 5.39. The van der Waals surface area contributed by atoms with E-state index in [0.29, 0.717) is 12.2 Å². The summed E-state index contributed by atoms with van der Waals surface area (Å²) in [5, 5.41) is 0. The van der Waals surface area contributed by atoms with Crippen molar-refractivity contribution in [2.75, 3.05) is 13.1 Å². The molecule has 86 valence electrons. The van der Waals surface area contributed by atoms with Gasteiger partial charge in [0.2, 0.25) is 0 Å². The molecule has 1 saturated heterocycles. The molecule has 0 radical (unpaired) electrons. The van der Waals surface area contributed by atoms with Crippen LogP contribution in [0.4, 0.5) is 0 Å². The van der Waals surface area contributed by atoms with Crippen LogP contribution in [0, 0.1) is 5.92 Å². The molecule has 2 nitrogen and oxygen atoms in total. The largest absolute Gasteiger partial charge is 0.299 e. The van der Waals surface area contributed by atoms with Gasteiger partial charge in [0, 0.05) is 36.4 Å². The van der Waals surface area contributed by atoms with Gasteiger partial charge in [-0.2, -0.15) is 0 Å². The summed E-state index contributed by atoms with van der Waals surface area (Å²) in [6, 6.07) is 8.39. The minimum atomic E-state index is 0.198. The molecule has 16 heavy (non-hydrogen) atoms. The van der Waals surface area contributed by atoms with E-state index in [2.05, 4.69) is 45.1 Å². The van der Waals surface area contributed by atoms with E-state index in [-0.39, 0.29) is 5.92 Å². The Morgan fingerprint density at radius 1 is 1.38 bits per heavy atom. The van der Waals surface area contributed by atoms with Crippen LogP contribution in [-0.2, 0) is 11.3 Å². The fourth-order valence-electron chi connectivity index (χ4n) is 2.09. The first-order valence-electron chi connectivity index (χ1n) is 5.64. The van der Waals surface area contributed by atoms with E-state index in [0.717, 1.165) is 24.1 Å². The summed E-state index contributed by atoms with van der Waals surface area (Å²) >= 11 is 3.43. The average molecular weight is 282 g/mol. The number of Topliss-reactive ketones (excluding diaryl/α,β-unsaturated/α-hetero) is 1. The highest BCUT2D eigenvalue weighted by Gasteiger charge is 2.22. The molecule has 2 rings (SSSR count). The maximum atomic E-state index is 11.4. The monoisotopic (exact) mass is 281 g/mol. The van der Waals surface area contributed by atoms with Crippen LogP contribution in [0.3, 0.4) is 0 Å². The number of rotatable bonds is 2.